The molecule has 8 heteroatoms. The second-order valence-corrected chi connectivity index (χ2v) is 6.51. The average molecular weight is 363 g/mol. The molecule has 0 bridgehead atoms. The number of aryl methyl sites for hydroxylation is 1. The molecule has 1 heterocycles. The van der Waals surface area contributed by atoms with Crippen LogP contribution in [0.5, 0.6) is 0 Å². The van der Waals surface area contributed by atoms with Crippen molar-refractivity contribution >= 4 is 31.6 Å². The Hall–Kier alpha value is -1.38. The van der Waals surface area contributed by atoms with Crippen molar-refractivity contribution in [3.8, 4) is 0 Å². The first-order valence-corrected chi connectivity index (χ1v) is 7.88. The third-order valence-corrected chi connectivity index (χ3v) is 4.79. The van der Waals surface area contributed by atoms with Crippen LogP contribution < -0.4 is 10.5 Å². The van der Waals surface area contributed by atoms with E-state index in [-0.39, 0.29) is 21.8 Å². The molecule has 0 unspecified atom stereocenters. The normalized spacial score (nSPS) is 11.6. The van der Waals surface area contributed by atoms with Crippen molar-refractivity contribution in [1.29, 1.82) is 0 Å². The number of nitrogens with two attached hydrogens (primary N) is 1. The first-order chi connectivity index (χ1) is 9.33. The summed E-state index contributed by atoms with van der Waals surface area (Å²) in [6.45, 7) is 1.80. The zero-order valence-electron chi connectivity index (χ0n) is 10.5. The summed E-state index contributed by atoms with van der Waals surface area (Å²) in [6.07, 6.45) is 0. The zero-order chi connectivity index (χ0) is 14.9. The minimum absolute atomic E-state index is 0.0264. The van der Waals surface area contributed by atoms with E-state index in [1.807, 2.05) is 0 Å². The summed E-state index contributed by atoms with van der Waals surface area (Å²) in [4.78, 5) is -0.126. The Labute approximate surface area is 124 Å². The van der Waals surface area contributed by atoms with E-state index in [1.54, 1.807) is 13.0 Å². The highest BCUT2D eigenvalue weighted by atomic mass is 79.9. The quantitative estimate of drug-likeness (QED) is 0.875. The molecule has 2 aromatic rings. The molecular weight excluding hydrogens is 351 g/mol. The van der Waals surface area contributed by atoms with Gasteiger partial charge in [-0.3, -0.25) is 4.72 Å². The molecule has 0 atom stereocenters. The van der Waals surface area contributed by atoms with Crippen LogP contribution in [0.25, 0.3) is 0 Å². The lowest BCUT2D eigenvalue weighted by Gasteiger charge is -2.08. The molecule has 1 aromatic carbocycles. The van der Waals surface area contributed by atoms with Gasteiger partial charge in [0.2, 0.25) is 0 Å². The standard InChI is InChI=1S/C12H12BrFN2O3S/c1-7-2-3-9(14)10(4-7)16-20(17,18)11-5-8(6-15)19-12(11)13/h2-5,16H,6,15H2,1H3. The van der Waals surface area contributed by atoms with E-state index >= 15 is 0 Å². The summed E-state index contributed by atoms with van der Waals surface area (Å²) in [6, 6.07) is 5.45. The molecule has 0 fully saturated rings. The molecule has 2 rings (SSSR count). The van der Waals surface area contributed by atoms with E-state index in [9.17, 15) is 12.8 Å². The Morgan fingerprint density at radius 1 is 1.40 bits per heavy atom. The largest absolute Gasteiger partial charge is 0.452 e. The highest BCUT2D eigenvalue weighted by Gasteiger charge is 2.23. The van der Waals surface area contributed by atoms with Crippen molar-refractivity contribution in [3.63, 3.8) is 0 Å². The molecule has 5 nitrogen and oxygen atoms in total. The average Bonchev–Trinajstić information content (AvgIpc) is 2.76. The van der Waals surface area contributed by atoms with Crippen LogP contribution >= 0.6 is 15.9 Å². The Kier molecular flexibility index (Phi) is 4.17. The van der Waals surface area contributed by atoms with E-state index in [0.29, 0.717) is 5.76 Å². The van der Waals surface area contributed by atoms with Gasteiger partial charge < -0.3 is 10.2 Å². The maximum absolute atomic E-state index is 13.6. The number of hydrogen-bond acceptors (Lipinski definition) is 4. The predicted octanol–water partition coefficient (Wildman–Crippen LogP) is 2.75. The molecule has 0 saturated heterocycles. The molecule has 0 spiro atoms. The highest BCUT2D eigenvalue weighted by Crippen LogP contribution is 2.28. The van der Waals surface area contributed by atoms with E-state index in [1.165, 1.54) is 18.2 Å². The van der Waals surface area contributed by atoms with Gasteiger partial charge in [0, 0.05) is 6.07 Å². The number of anilines is 1. The molecule has 1 aromatic heterocycles. The van der Waals surface area contributed by atoms with Crippen LogP contribution in [0.2, 0.25) is 0 Å². The van der Waals surface area contributed by atoms with Gasteiger partial charge in [0.15, 0.2) is 4.67 Å². The van der Waals surface area contributed by atoms with Crippen LogP contribution in [0, 0.1) is 12.7 Å². The van der Waals surface area contributed by atoms with Gasteiger partial charge in [-0.15, -0.1) is 0 Å². The summed E-state index contributed by atoms with van der Waals surface area (Å²) in [5.41, 5.74) is 6.00. The topological polar surface area (TPSA) is 85.3 Å². The van der Waals surface area contributed by atoms with Gasteiger partial charge >= 0.3 is 0 Å². The second-order valence-electron chi connectivity index (χ2n) is 4.14. The lowest BCUT2D eigenvalue weighted by Crippen LogP contribution is -2.14. The molecule has 0 aliphatic carbocycles. The Bertz CT molecular complexity index is 743. The SMILES string of the molecule is Cc1ccc(F)c(NS(=O)(=O)c2cc(CN)oc2Br)c1. The van der Waals surface area contributed by atoms with E-state index in [0.717, 1.165) is 5.56 Å². The maximum atomic E-state index is 13.6. The van der Waals surface area contributed by atoms with Gasteiger partial charge in [0.25, 0.3) is 10.0 Å². The Morgan fingerprint density at radius 3 is 2.70 bits per heavy atom. The predicted molar refractivity (Wildman–Crippen MR) is 76.2 cm³/mol. The maximum Gasteiger partial charge on any atom is 0.266 e. The number of furan rings is 1. The molecule has 0 aliphatic heterocycles. The number of nitrogens with one attached hydrogen (secondary N) is 1. The summed E-state index contributed by atoms with van der Waals surface area (Å²) in [5, 5.41) is 0. The van der Waals surface area contributed by atoms with Crippen molar-refractivity contribution in [2.24, 2.45) is 5.73 Å². The molecule has 0 saturated carbocycles. The van der Waals surface area contributed by atoms with Crippen molar-refractivity contribution in [1.82, 2.24) is 0 Å². The number of benzene rings is 1. The van der Waals surface area contributed by atoms with Gasteiger partial charge in [-0.1, -0.05) is 6.07 Å². The van der Waals surface area contributed by atoms with Gasteiger partial charge in [0.05, 0.1) is 12.2 Å². The summed E-state index contributed by atoms with van der Waals surface area (Å²) < 4.78 is 45.4. The van der Waals surface area contributed by atoms with Crippen LogP contribution in [-0.2, 0) is 16.6 Å². The third kappa shape index (κ3) is 3.02. The molecule has 0 radical (unpaired) electrons. The summed E-state index contributed by atoms with van der Waals surface area (Å²) >= 11 is 3.00. The van der Waals surface area contributed by atoms with Gasteiger partial charge in [-0.25, -0.2) is 12.8 Å². The minimum Gasteiger partial charge on any atom is -0.452 e. The fourth-order valence-corrected chi connectivity index (χ4v) is 3.66. The molecule has 108 valence electrons. The molecule has 3 N–H and O–H groups in total. The van der Waals surface area contributed by atoms with Crippen molar-refractivity contribution in [2.75, 3.05) is 4.72 Å². The summed E-state index contributed by atoms with van der Waals surface area (Å²) in [5.74, 6) is -0.347. The van der Waals surface area contributed by atoms with Crippen LogP contribution in [0.4, 0.5) is 10.1 Å². The first kappa shape index (κ1) is 15.0. The van der Waals surface area contributed by atoms with Crippen LogP contribution in [0.3, 0.4) is 0 Å². The Morgan fingerprint density at radius 2 is 2.10 bits per heavy atom. The van der Waals surface area contributed by atoms with Crippen molar-refractivity contribution < 1.29 is 17.2 Å². The van der Waals surface area contributed by atoms with Gasteiger partial charge in [-0.05, 0) is 40.5 Å². The number of halogens is 2. The molecular formula is C12H12BrFN2O3S. The number of rotatable bonds is 4. The zero-order valence-corrected chi connectivity index (χ0v) is 12.9. The lowest BCUT2D eigenvalue weighted by molar-refractivity contribution is 0.484. The Balaban J connectivity index is 2.40. The molecule has 20 heavy (non-hydrogen) atoms. The molecule has 0 aliphatic rings. The fraction of sp³-hybridized carbons (Fsp3) is 0.167. The summed E-state index contributed by atoms with van der Waals surface area (Å²) in [7, 11) is -3.96. The van der Waals surface area contributed by atoms with E-state index in [2.05, 4.69) is 20.7 Å². The first-order valence-electron chi connectivity index (χ1n) is 5.60. The second kappa shape index (κ2) is 5.55. The van der Waals surface area contributed by atoms with Gasteiger partial charge in [-0.2, -0.15) is 0 Å². The highest BCUT2D eigenvalue weighted by molar-refractivity contribution is 9.10. The minimum atomic E-state index is -3.96. The van der Waals surface area contributed by atoms with Crippen LogP contribution in [0.1, 0.15) is 11.3 Å². The van der Waals surface area contributed by atoms with E-state index in [4.69, 9.17) is 10.2 Å². The van der Waals surface area contributed by atoms with Crippen molar-refractivity contribution in [2.45, 2.75) is 18.4 Å². The monoisotopic (exact) mass is 362 g/mol. The number of sulfonamides is 1. The smallest absolute Gasteiger partial charge is 0.266 e. The fourth-order valence-electron chi connectivity index (χ4n) is 1.60. The van der Waals surface area contributed by atoms with Crippen LogP contribution in [0.15, 0.2) is 38.2 Å². The molecule has 0 amide bonds. The van der Waals surface area contributed by atoms with Crippen molar-refractivity contribution in [3.05, 3.63) is 46.1 Å². The van der Waals surface area contributed by atoms with E-state index < -0.39 is 15.8 Å². The number of hydrogen-bond donors (Lipinski definition) is 2. The van der Waals surface area contributed by atoms with Crippen LogP contribution in [-0.4, -0.2) is 8.42 Å². The van der Waals surface area contributed by atoms with Gasteiger partial charge in [0.1, 0.15) is 16.5 Å². The third-order valence-electron chi connectivity index (χ3n) is 2.56. The lowest BCUT2D eigenvalue weighted by atomic mass is 10.2.